The Morgan fingerprint density at radius 1 is 1.35 bits per heavy atom. The van der Waals surface area contributed by atoms with Crippen LogP contribution in [0.3, 0.4) is 0 Å². The number of aryl methyl sites for hydroxylation is 1. The molecule has 2 aromatic rings. The molecule has 3 rings (SSSR count). The van der Waals surface area contributed by atoms with Crippen LogP contribution < -0.4 is 4.90 Å². The molecule has 23 heavy (non-hydrogen) atoms. The summed E-state index contributed by atoms with van der Waals surface area (Å²) in [5.74, 6) is 0.778. The molecule has 0 radical (unpaired) electrons. The Kier molecular flexibility index (Phi) is 3.67. The van der Waals surface area contributed by atoms with Gasteiger partial charge in [0.15, 0.2) is 5.82 Å². The van der Waals surface area contributed by atoms with Gasteiger partial charge in [-0.2, -0.15) is 23.4 Å². The molecule has 1 saturated heterocycles. The summed E-state index contributed by atoms with van der Waals surface area (Å²) >= 11 is 0. The number of nitriles is 1. The summed E-state index contributed by atoms with van der Waals surface area (Å²) in [6, 6.07) is 3.49. The van der Waals surface area contributed by atoms with Gasteiger partial charge in [0, 0.05) is 13.5 Å². The fourth-order valence-corrected chi connectivity index (χ4v) is 2.65. The number of aromatic nitrogens is 3. The summed E-state index contributed by atoms with van der Waals surface area (Å²) in [6.45, 7) is 2.11. The van der Waals surface area contributed by atoms with Gasteiger partial charge in [-0.1, -0.05) is 5.16 Å². The normalized spacial score (nSPS) is 18.2. The van der Waals surface area contributed by atoms with Crippen molar-refractivity contribution >= 4 is 5.82 Å². The second kappa shape index (κ2) is 5.53. The Morgan fingerprint density at radius 3 is 2.74 bits per heavy atom. The molecular weight excluding hydrogens is 311 g/mol. The van der Waals surface area contributed by atoms with Crippen LogP contribution >= 0.6 is 0 Å². The Balaban J connectivity index is 2.04. The van der Waals surface area contributed by atoms with Crippen LogP contribution in [0.25, 0.3) is 0 Å². The van der Waals surface area contributed by atoms with Crippen molar-refractivity contribution in [2.45, 2.75) is 32.0 Å². The second-order valence-electron chi connectivity index (χ2n) is 5.20. The zero-order chi connectivity index (χ0) is 16.6. The minimum absolute atomic E-state index is 0.00674. The number of alkyl halides is 3. The average molecular weight is 323 g/mol. The molecule has 0 N–H and O–H groups in total. The predicted molar refractivity (Wildman–Crippen MR) is 72.3 cm³/mol. The van der Waals surface area contributed by atoms with Crippen LogP contribution in [0, 0.1) is 18.3 Å². The lowest BCUT2D eigenvalue weighted by Crippen LogP contribution is -2.26. The van der Waals surface area contributed by atoms with E-state index in [1.165, 1.54) is 0 Å². The maximum absolute atomic E-state index is 12.9. The molecule has 9 heteroatoms. The highest BCUT2D eigenvalue weighted by Crippen LogP contribution is 2.37. The van der Waals surface area contributed by atoms with Crippen molar-refractivity contribution < 1.29 is 17.7 Å². The monoisotopic (exact) mass is 323 g/mol. The SMILES string of the molecule is Cc1nc([C@H]2CCCN2c2nc(C(F)(F)F)ccc2C#N)no1. The molecule has 1 aliphatic heterocycles. The molecule has 0 unspecified atom stereocenters. The first-order chi connectivity index (χ1) is 10.9. The van der Waals surface area contributed by atoms with Gasteiger partial charge in [-0.05, 0) is 25.0 Å². The van der Waals surface area contributed by atoms with Crippen molar-refractivity contribution in [1.29, 1.82) is 5.26 Å². The van der Waals surface area contributed by atoms with Gasteiger partial charge in [0.2, 0.25) is 5.89 Å². The predicted octanol–water partition coefficient (Wildman–Crippen LogP) is 3.01. The smallest absolute Gasteiger partial charge is 0.345 e. The van der Waals surface area contributed by atoms with E-state index in [-0.39, 0.29) is 17.4 Å². The van der Waals surface area contributed by atoms with E-state index in [1.807, 2.05) is 6.07 Å². The molecule has 0 bridgehead atoms. The fraction of sp³-hybridized carbons (Fsp3) is 0.429. The standard InChI is InChI=1S/C14H12F3N5O/c1-8-19-12(21-23-8)10-3-2-6-22(10)13-9(7-18)4-5-11(20-13)14(15,16)17/h4-5,10H,2-3,6H2,1H3/t10-/m1/s1. The van der Waals surface area contributed by atoms with E-state index in [2.05, 4.69) is 15.1 Å². The van der Waals surface area contributed by atoms with Gasteiger partial charge in [-0.15, -0.1) is 0 Å². The van der Waals surface area contributed by atoms with Crippen molar-refractivity contribution in [1.82, 2.24) is 15.1 Å². The zero-order valence-electron chi connectivity index (χ0n) is 12.1. The van der Waals surface area contributed by atoms with Crippen molar-refractivity contribution in [2.24, 2.45) is 0 Å². The number of pyridine rings is 1. The molecule has 0 aromatic carbocycles. The number of hydrogen-bond donors (Lipinski definition) is 0. The highest BCUT2D eigenvalue weighted by molar-refractivity contribution is 5.56. The largest absolute Gasteiger partial charge is 0.433 e. The highest BCUT2D eigenvalue weighted by Gasteiger charge is 2.36. The molecule has 2 aromatic heterocycles. The molecule has 1 fully saturated rings. The lowest BCUT2D eigenvalue weighted by molar-refractivity contribution is -0.141. The molecule has 0 aliphatic carbocycles. The zero-order valence-corrected chi connectivity index (χ0v) is 12.1. The van der Waals surface area contributed by atoms with Crippen LogP contribution in [-0.4, -0.2) is 21.7 Å². The van der Waals surface area contributed by atoms with E-state index in [0.29, 0.717) is 24.7 Å². The minimum Gasteiger partial charge on any atom is -0.345 e. The van der Waals surface area contributed by atoms with Gasteiger partial charge >= 0.3 is 6.18 Å². The fourth-order valence-electron chi connectivity index (χ4n) is 2.65. The van der Waals surface area contributed by atoms with E-state index >= 15 is 0 Å². The number of nitrogens with zero attached hydrogens (tertiary/aromatic N) is 5. The van der Waals surface area contributed by atoms with Crippen LogP contribution in [-0.2, 0) is 6.18 Å². The molecule has 1 atom stereocenters. The Labute approximate surface area is 129 Å². The Bertz CT molecular complexity index is 765. The third-order valence-electron chi connectivity index (χ3n) is 3.65. The number of hydrogen-bond acceptors (Lipinski definition) is 6. The first-order valence-corrected chi connectivity index (χ1v) is 6.95. The lowest BCUT2D eigenvalue weighted by Gasteiger charge is -2.24. The van der Waals surface area contributed by atoms with Gasteiger partial charge < -0.3 is 9.42 Å². The van der Waals surface area contributed by atoms with Crippen LogP contribution in [0.15, 0.2) is 16.7 Å². The van der Waals surface area contributed by atoms with Crippen LogP contribution in [0.4, 0.5) is 19.0 Å². The van der Waals surface area contributed by atoms with Crippen LogP contribution in [0.5, 0.6) is 0 Å². The molecule has 0 amide bonds. The number of halogens is 3. The van der Waals surface area contributed by atoms with Crippen molar-refractivity contribution in [3.05, 3.63) is 35.1 Å². The first-order valence-electron chi connectivity index (χ1n) is 6.95. The molecule has 1 aliphatic rings. The molecule has 6 nitrogen and oxygen atoms in total. The molecular formula is C14H12F3N5O. The molecule has 0 saturated carbocycles. The van der Waals surface area contributed by atoms with Crippen molar-refractivity contribution in [3.8, 4) is 6.07 Å². The second-order valence-corrected chi connectivity index (χ2v) is 5.20. The van der Waals surface area contributed by atoms with E-state index in [9.17, 15) is 18.4 Å². The first kappa shape index (κ1) is 15.3. The van der Waals surface area contributed by atoms with E-state index < -0.39 is 11.9 Å². The summed E-state index contributed by atoms with van der Waals surface area (Å²) in [4.78, 5) is 9.45. The van der Waals surface area contributed by atoms with Gasteiger partial charge in [-0.25, -0.2) is 4.98 Å². The van der Waals surface area contributed by atoms with Crippen molar-refractivity contribution in [2.75, 3.05) is 11.4 Å². The van der Waals surface area contributed by atoms with Gasteiger partial charge in [0.1, 0.15) is 17.6 Å². The molecule has 120 valence electrons. The quantitative estimate of drug-likeness (QED) is 0.845. The third-order valence-corrected chi connectivity index (χ3v) is 3.65. The summed E-state index contributed by atoms with van der Waals surface area (Å²) in [7, 11) is 0. The van der Waals surface area contributed by atoms with Crippen LogP contribution in [0.2, 0.25) is 0 Å². The Morgan fingerprint density at radius 2 is 2.13 bits per heavy atom. The molecule has 3 heterocycles. The van der Waals surface area contributed by atoms with Crippen molar-refractivity contribution in [3.63, 3.8) is 0 Å². The maximum Gasteiger partial charge on any atom is 0.433 e. The van der Waals surface area contributed by atoms with E-state index in [0.717, 1.165) is 18.6 Å². The highest BCUT2D eigenvalue weighted by atomic mass is 19.4. The third kappa shape index (κ3) is 2.84. The summed E-state index contributed by atoms with van der Waals surface area (Å²) in [5, 5.41) is 13.0. The summed E-state index contributed by atoms with van der Waals surface area (Å²) in [5.41, 5.74) is -0.938. The van der Waals surface area contributed by atoms with E-state index in [4.69, 9.17) is 4.52 Å². The summed E-state index contributed by atoms with van der Waals surface area (Å²) < 4.78 is 43.7. The number of anilines is 1. The van der Waals surface area contributed by atoms with Crippen LogP contribution in [0.1, 0.15) is 41.9 Å². The topological polar surface area (TPSA) is 78.8 Å². The van der Waals surface area contributed by atoms with Gasteiger partial charge in [0.05, 0.1) is 11.6 Å². The van der Waals surface area contributed by atoms with Gasteiger partial charge in [0.25, 0.3) is 0 Å². The Hall–Kier alpha value is -2.63. The molecule has 0 spiro atoms. The number of rotatable bonds is 2. The lowest BCUT2D eigenvalue weighted by atomic mass is 10.2. The minimum atomic E-state index is -4.57. The average Bonchev–Trinajstić information content (AvgIpc) is 3.13. The van der Waals surface area contributed by atoms with E-state index in [1.54, 1.807) is 11.8 Å². The summed E-state index contributed by atoms with van der Waals surface area (Å²) in [6.07, 6.45) is -3.18. The van der Waals surface area contributed by atoms with Gasteiger partial charge in [-0.3, -0.25) is 0 Å². The maximum atomic E-state index is 12.9.